The van der Waals surface area contributed by atoms with Crippen molar-refractivity contribution < 1.29 is 34.4 Å². The normalized spacial score (nSPS) is 23.3. The van der Waals surface area contributed by atoms with Crippen LogP contribution in [0.4, 0.5) is 5.82 Å². The van der Waals surface area contributed by atoms with Gasteiger partial charge in [0.05, 0.1) is 31.1 Å². The SMILES string of the molecule is C#CC1CC(n2cnc3c(N4CCC(O)C4)nc(Cl)nc32)OC1COC(Cc1ccccc1)(C(=O)O)C(=O)O. The second-order valence-electron chi connectivity index (χ2n) is 9.58. The van der Waals surface area contributed by atoms with Crippen molar-refractivity contribution in [2.24, 2.45) is 5.92 Å². The molecule has 0 bridgehead atoms. The molecule has 1 aromatic carbocycles. The maximum atomic E-state index is 12.2. The number of hydrogen-bond acceptors (Lipinski definition) is 9. The number of β-amino-alcohol motifs (C(OH)–C–C–N with tert-alkyl or cyclic N) is 1. The summed E-state index contributed by atoms with van der Waals surface area (Å²) < 4.78 is 13.4. The van der Waals surface area contributed by atoms with Gasteiger partial charge in [-0.1, -0.05) is 30.3 Å². The Morgan fingerprint density at radius 3 is 2.62 bits per heavy atom. The van der Waals surface area contributed by atoms with Gasteiger partial charge < -0.3 is 29.7 Å². The number of imidazole rings is 1. The molecule has 0 spiro atoms. The lowest BCUT2D eigenvalue weighted by Gasteiger charge is -2.27. The monoisotopic (exact) mass is 555 g/mol. The van der Waals surface area contributed by atoms with Crippen LogP contribution >= 0.6 is 11.6 Å². The number of hydrogen-bond donors (Lipinski definition) is 3. The minimum absolute atomic E-state index is 0.000585. The van der Waals surface area contributed by atoms with E-state index in [9.17, 15) is 24.9 Å². The molecular formula is C26H26ClN5O7. The van der Waals surface area contributed by atoms with E-state index in [0.717, 1.165) is 0 Å². The maximum absolute atomic E-state index is 12.2. The Morgan fingerprint density at radius 1 is 1.23 bits per heavy atom. The third kappa shape index (κ3) is 5.14. The first kappa shape index (κ1) is 26.8. The van der Waals surface area contributed by atoms with Crippen molar-refractivity contribution in [2.75, 3.05) is 24.6 Å². The smallest absolute Gasteiger partial charge is 0.348 e. The topological polar surface area (TPSA) is 160 Å². The molecule has 2 aliphatic rings. The summed E-state index contributed by atoms with van der Waals surface area (Å²) in [6, 6.07) is 8.37. The molecule has 0 radical (unpaired) electrons. The number of halogens is 1. The summed E-state index contributed by atoms with van der Waals surface area (Å²) in [4.78, 5) is 39.3. The third-order valence-electron chi connectivity index (χ3n) is 7.08. The standard InChI is InChI=1S/C26H26ClN5O7/c1-2-16-10-19(32-14-28-20-21(29-25(27)30-22(20)32)31-9-8-17(33)12-31)39-18(16)13-38-26(23(34)35,24(36)37)11-15-6-4-3-5-7-15/h1,3-7,14,16-19,33H,8-13H2,(H,34,35)(H,36,37). The average Bonchev–Trinajstić information content (AvgIpc) is 3.64. The van der Waals surface area contributed by atoms with Gasteiger partial charge in [0.25, 0.3) is 5.60 Å². The van der Waals surface area contributed by atoms with Crippen LogP contribution in [0.25, 0.3) is 11.2 Å². The fourth-order valence-corrected chi connectivity index (χ4v) is 5.16. The highest BCUT2D eigenvalue weighted by Gasteiger charge is 2.50. The zero-order valence-electron chi connectivity index (χ0n) is 20.7. The summed E-state index contributed by atoms with van der Waals surface area (Å²) in [6.45, 7) is 0.620. The first-order valence-electron chi connectivity index (χ1n) is 12.3. The fourth-order valence-electron chi connectivity index (χ4n) is 5.00. The molecule has 0 amide bonds. The van der Waals surface area contributed by atoms with Crippen molar-refractivity contribution in [3.63, 3.8) is 0 Å². The van der Waals surface area contributed by atoms with Crippen LogP contribution in [0.5, 0.6) is 0 Å². The number of benzene rings is 1. The number of terminal acetylenes is 1. The molecule has 39 heavy (non-hydrogen) atoms. The van der Waals surface area contributed by atoms with Crippen LogP contribution in [0, 0.1) is 18.3 Å². The predicted molar refractivity (Wildman–Crippen MR) is 138 cm³/mol. The van der Waals surface area contributed by atoms with E-state index in [1.807, 2.05) is 4.90 Å². The summed E-state index contributed by atoms with van der Waals surface area (Å²) in [5, 5.41) is 29.7. The van der Waals surface area contributed by atoms with Crippen LogP contribution in [-0.2, 0) is 25.5 Å². The molecule has 3 aromatic rings. The Bertz CT molecular complexity index is 1410. The second kappa shape index (κ2) is 10.8. The maximum Gasteiger partial charge on any atom is 0.348 e. The lowest BCUT2D eigenvalue weighted by Crippen LogP contribution is -2.52. The fraction of sp³-hybridized carbons (Fsp3) is 0.423. The van der Waals surface area contributed by atoms with Gasteiger partial charge >= 0.3 is 11.9 Å². The van der Waals surface area contributed by atoms with Crippen LogP contribution in [0.3, 0.4) is 0 Å². The van der Waals surface area contributed by atoms with Gasteiger partial charge in [-0.05, 0) is 23.6 Å². The predicted octanol–water partition coefficient (Wildman–Crippen LogP) is 1.75. The molecule has 204 valence electrons. The second-order valence-corrected chi connectivity index (χ2v) is 9.92. The van der Waals surface area contributed by atoms with Gasteiger partial charge in [0.15, 0.2) is 17.0 Å². The number of aromatic nitrogens is 4. The molecule has 3 N–H and O–H groups in total. The van der Waals surface area contributed by atoms with E-state index in [-0.39, 0.29) is 18.3 Å². The zero-order valence-corrected chi connectivity index (χ0v) is 21.4. The lowest BCUT2D eigenvalue weighted by molar-refractivity contribution is -0.188. The molecule has 2 fully saturated rings. The summed E-state index contributed by atoms with van der Waals surface area (Å²) >= 11 is 6.23. The molecule has 12 nitrogen and oxygen atoms in total. The van der Waals surface area contributed by atoms with Crippen molar-refractivity contribution in [3.8, 4) is 12.3 Å². The molecule has 2 aromatic heterocycles. The summed E-state index contributed by atoms with van der Waals surface area (Å²) in [5.74, 6) is -0.617. The van der Waals surface area contributed by atoms with Gasteiger partial charge in [-0.15, -0.1) is 12.3 Å². The molecule has 4 atom stereocenters. The Balaban J connectivity index is 1.38. The Labute approximate surface area is 228 Å². The van der Waals surface area contributed by atoms with E-state index < -0.39 is 41.9 Å². The van der Waals surface area contributed by atoms with Crippen LogP contribution in [-0.4, -0.2) is 84.3 Å². The number of aliphatic carboxylic acids is 2. The molecule has 0 aliphatic carbocycles. The van der Waals surface area contributed by atoms with Gasteiger partial charge in [-0.3, -0.25) is 4.57 Å². The van der Waals surface area contributed by atoms with Crippen molar-refractivity contribution in [2.45, 2.75) is 43.3 Å². The number of fused-ring (bicyclic) bond motifs is 1. The third-order valence-corrected chi connectivity index (χ3v) is 7.25. The molecule has 0 saturated carbocycles. The van der Waals surface area contributed by atoms with Crippen molar-refractivity contribution in [1.82, 2.24) is 19.5 Å². The zero-order chi connectivity index (χ0) is 27.7. The molecule has 4 unspecified atom stereocenters. The summed E-state index contributed by atoms with van der Waals surface area (Å²) in [5.41, 5.74) is -1.15. The molecule has 2 aliphatic heterocycles. The number of nitrogens with zero attached hydrogens (tertiary/aromatic N) is 5. The van der Waals surface area contributed by atoms with E-state index >= 15 is 0 Å². The number of carboxylic acid groups (broad SMARTS) is 2. The quantitative estimate of drug-likeness (QED) is 0.200. The van der Waals surface area contributed by atoms with Gasteiger partial charge in [0, 0.05) is 25.9 Å². The van der Waals surface area contributed by atoms with E-state index in [1.165, 1.54) is 6.33 Å². The molecule has 2 saturated heterocycles. The number of aliphatic hydroxyl groups is 1. The lowest BCUT2D eigenvalue weighted by atomic mass is 9.94. The number of anilines is 1. The molecule has 5 rings (SSSR count). The molecular weight excluding hydrogens is 530 g/mol. The summed E-state index contributed by atoms with van der Waals surface area (Å²) in [6.07, 6.45) is 5.90. The van der Waals surface area contributed by atoms with Crippen molar-refractivity contribution in [3.05, 3.63) is 47.5 Å². The minimum Gasteiger partial charge on any atom is -0.479 e. The highest BCUT2D eigenvalue weighted by molar-refractivity contribution is 6.28. The Kier molecular flexibility index (Phi) is 7.42. The molecule has 4 heterocycles. The number of carboxylic acids is 2. The summed E-state index contributed by atoms with van der Waals surface area (Å²) in [7, 11) is 0. The number of ether oxygens (including phenoxy) is 2. The van der Waals surface area contributed by atoms with Crippen LogP contribution in [0.2, 0.25) is 5.28 Å². The van der Waals surface area contributed by atoms with Gasteiger partial charge in [-0.2, -0.15) is 9.97 Å². The van der Waals surface area contributed by atoms with Gasteiger partial charge in [-0.25, -0.2) is 14.6 Å². The Hall–Kier alpha value is -3.76. The van der Waals surface area contributed by atoms with Gasteiger partial charge in [0.1, 0.15) is 6.23 Å². The average molecular weight is 556 g/mol. The molecule has 13 heteroatoms. The van der Waals surface area contributed by atoms with E-state index in [0.29, 0.717) is 48.5 Å². The Morgan fingerprint density at radius 2 is 1.97 bits per heavy atom. The largest absolute Gasteiger partial charge is 0.479 e. The van der Waals surface area contributed by atoms with E-state index in [4.69, 9.17) is 27.5 Å². The minimum atomic E-state index is -2.53. The first-order valence-corrected chi connectivity index (χ1v) is 12.7. The van der Waals surface area contributed by atoms with Gasteiger partial charge in [0.2, 0.25) is 5.28 Å². The highest BCUT2D eigenvalue weighted by atomic mass is 35.5. The number of aliphatic hydroxyl groups excluding tert-OH is 1. The highest BCUT2D eigenvalue weighted by Crippen LogP contribution is 2.37. The van der Waals surface area contributed by atoms with Crippen LogP contribution in [0.15, 0.2) is 36.7 Å². The van der Waals surface area contributed by atoms with E-state index in [1.54, 1.807) is 34.9 Å². The first-order chi connectivity index (χ1) is 18.7. The number of rotatable bonds is 9. The van der Waals surface area contributed by atoms with Crippen molar-refractivity contribution in [1.29, 1.82) is 0 Å². The van der Waals surface area contributed by atoms with Crippen molar-refractivity contribution >= 4 is 40.5 Å². The van der Waals surface area contributed by atoms with E-state index in [2.05, 4.69) is 20.9 Å². The van der Waals surface area contributed by atoms with Crippen LogP contribution < -0.4 is 4.90 Å². The van der Waals surface area contributed by atoms with Crippen LogP contribution in [0.1, 0.15) is 24.6 Å². The number of carbonyl (C=O) groups is 2.